The van der Waals surface area contributed by atoms with Gasteiger partial charge in [0.15, 0.2) is 0 Å². The molecule has 0 unspecified atom stereocenters. The van der Waals surface area contributed by atoms with Gasteiger partial charge >= 0.3 is 6.18 Å². The summed E-state index contributed by atoms with van der Waals surface area (Å²) in [7, 11) is -4.07. The van der Waals surface area contributed by atoms with Crippen molar-refractivity contribution < 1.29 is 21.6 Å². The highest BCUT2D eigenvalue weighted by Gasteiger charge is 2.32. The number of sulfonamides is 1. The highest BCUT2D eigenvalue weighted by Crippen LogP contribution is 2.37. The number of benzene rings is 3. The quantitative estimate of drug-likeness (QED) is 0.577. The maximum Gasteiger partial charge on any atom is 0.416 e. The first-order valence-electron chi connectivity index (χ1n) is 9.72. The third kappa shape index (κ3) is 4.23. The second-order valence-corrected chi connectivity index (χ2v) is 9.07. The molecule has 0 radical (unpaired) electrons. The third-order valence-electron chi connectivity index (χ3n) is 5.30. The van der Waals surface area contributed by atoms with Crippen LogP contribution in [0.15, 0.2) is 65.6 Å². The van der Waals surface area contributed by atoms with Crippen molar-refractivity contribution in [3.63, 3.8) is 0 Å². The van der Waals surface area contributed by atoms with E-state index in [-0.39, 0.29) is 10.6 Å². The van der Waals surface area contributed by atoms with Gasteiger partial charge in [-0.3, -0.25) is 4.72 Å². The van der Waals surface area contributed by atoms with Crippen LogP contribution in [0.5, 0.6) is 0 Å². The number of alkyl halides is 3. The van der Waals surface area contributed by atoms with E-state index in [9.17, 15) is 21.6 Å². The third-order valence-corrected chi connectivity index (χ3v) is 6.66. The first kappa shape index (κ1) is 20.5. The zero-order chi connectivity index (χ0) is 21.4. The lowest BCUT2D eigenvalue weighted by Gasteiger charge is -2.31. The van der Waals surface area contributed by atoms with E-state index in [1.807, 2.05) is 17.0 Å². The normalized spacial score (nSPS) is 15.4. The Kier molecular flexibility index (Phi) is 5.36. The molecule has 1 saturated heterocycles. The van der Waals surface area contributed by atoms with Gasteiger partial charge in [0.2, 0.25) is 0 Å². The van der Waals surface area contributed by atoms with Crippen molar-refractivity contribution in [1.29, 1.82) is 0 Å². The summed E-state index contributed by atoms with van der Waals surface area (Å²) in [6.45, 7) is 1.35. The van der Waals surface area contributed by atoms with Crippen LogP contribution in [0.3, 0.4) is 0 Å². The van der Waals surface area contributed by atoms with E-state index in [0.717, 1.165) is 42.2 Å². The van der Waals surface area contributed by atoms with Gasteiger partial charge in [-0.25, -0.2) is 8.42 Å². The topological polar surface area (TPSA) is 49.4 Å². The Morgan fingerprint density at radius 3 is 2.23 bits per heavy atom. The SMILES string of the molecule is O=S(=O)(Nc1cc(C(F)(F)F)ccc1N1CCCCC1)c1ccc2ccccc2c1. The highest BCUT2D eigenvalue weighted by atomic mass is 32.2. The lowest BCUT2D eigenvalue weighted by atomic mass is 10.1. The van der Waals surface area contributed by atoms with E-state index in [1.54, 1.807) is 18.2 Å². The molecule has 1 fully saturated rings. The Hall–Kier alpha value is -2.74. The fourth-order valence-corrected chi connectivity index (χ4v) is 4.84. The Morgan fingerprint density at radius 1 is 0.833 bits per heavy atom. The first-order chi connectivity index (χ1) is 14.2. The molecule has 3 aromatic carbocycles. The molecule has 8 heteroatoms. The van der Waals surface area contributed by atoms with Crippen LogP contribution in [0.2, 0.25) is 0 Å². The molecule has 3 aromatic rings. The van der Waals surface area contributed by atoms with Crippen LogP contribution in [0.25, 0.3) is 10.8 Å². The van der Waals surface area contributed by atoms with Crippen LogP contribution >= 0.6 is 0 Å². The predicted molar refractivity (Wildman–Crippen MR) is 112 cm³/mol. The van der Waals surface area contributed by atoms with Crippen molar-refractivity contribution in [3.05, 3.63) is 66.2 Å². The molecule has 0 amide bonds. The van der Waals surface area contributed by atoms with Crippen molar-refractivity contribution in [1.82, 2.24) is 0 Å². The molecule has 4 rings (SSSR count). The molecule has 0 bridgehead atoms. The molecule has 1 aliphatic heterocycles. The number of halogens is 3. The zero-order valence-electron chi connectivity index (χ0n) is 16.1. The largest absolute Gasteiger partial charge is 0.416 e. The van der Waals surface area contributed by atoms with Crippen molar-refractivity contribution in [3.8, 4) is 0 Å². The summed E-state index contributed by atoms with van der Waals surface area (Å²) in [5.74, 6) is 0. The number of hydrogen-bond donors (Lipinski definition) is 1. The van der Waals surface area contributed by atoms with Gasteiger partial charge < -0.3 is 4.90 Å². The molecule has 1 heterocycles. The zero-order valence-corrected chi connectivity index (χ0v) is 16.9. The summed E-state index contributed by atoms with van der Waals surface area (Å²) in [5, 5.41) is 1.62. The van der Waals surface area contributed by atoms with Crippen LogP contribution < -0.4 is 9.62 Å². The molecule has 1 N–H and O–H groups in total. The van der Waals surface area contributed by atoms with E-state index in [4.69, 9.17) is 0 Å². The number of nitrogens with zero attached hydrogens (tertiary/aromatic N) is 1. The van der Waals surface area contributed by atoms with Gasteiger partial charge in [-0.1, -0.05) is 30.3 Å². The van der Waals surface area contributed by atoms with E-state index < -0.39 is 21.8 Å². The number of nitrogens with one attached hydrogen (secondary N) is 1. The number of rotatable bonds is 4. The predicted octanol–water partition coefficient (Wildman–Crippen LogP) is 5.65. The van der Waals surface area contributed by atoms with Gasteiger partial charge in [-0.2, -0.15) is 13.2 Å². The summed E-state index contributed by atoms with van der Waals surface area (Å²) >= 11 is 0. The standard InChI is InChI=1S/C22H21F3N2O2S/c23-22(24,25)18-9-11-21(27-12-4-1-5-13-27)20(15-18)26-30(28,29)19-10-8-16-6-2-3-7-17(16)14-19/h2-3,6-11,14-15,26H,1,4-5,12-13H2. The van der Waals surface area contributed by atoms with Gasteiger partial charge in [0.05, 0.1) is 21.8 Å². The summed E-state index contributed by atoms with van der Waals surface area (Å²) in [4.78, 5) is 1.94. The smallest absolute Gasteiger partial charge is 0.370 e. The van der Waals surface area contributed by atoms with Gasteiger partial charge in [0.25, 0.3) is 10.0 Å². The Morgan fingerprint density at radius 2 is 1.53 bits per heavy atom. The van der Waals surface area contributed by atoms with Crippen LogP contribution in [-0.2, 0) is 16.2 Å². The lowest BCUT2D eigenvalue weighted by Crippen LogP contribution is -2.30. The van der Waals surface area contributed by atoms with Crippen molar-refractivity contribution in [2.45, 2.75) is 30.3 Å². The first-order valence-corrected chi connectivity index (χ1v) is 11.2. The minimum Gasteiger partial charge on any atom is -0.370 e. The fourth-order valence-electron chi connectivity index (χ4n) is 3.74. The van der Waals surface area contributed by atoms with Crippen LogP contribution in [-0.4, -0.2) is 21.5 Å². The fraction of sp³-hybridized carbons (Fsp3) is 0.273. The molecule has 4 nitrogen and oxygen atoms in total. The average molecular weight is 434 g/mol. The monoisotopic (exact) mass is 434 g/mol. The molecule has 30 heavy (non-hydrogen) atoms. The summed E-state index contributed by atoms with van der Waals surface area (Å²) in [6.07, 6.45) is -1.69. The second-order valence-electron chi connectivity index (χ2n) is 7.39. The molecule has 158 valence electrons. The molecule has 0 aliphatic carbocycles. The van der Waals surface area contributed by atoms with Crippen LogP contribution in [0, 0.1) is 0 Å². The minimum absolute atomic E-state index is 0.00297. The van der Waals surface area contributed by atoms with Gasteiger partial charge in [0.1, 0.15) is 0 Å². The van der Waals surface area contributed by atoms with E-state index in [0.29, 0.717) is 18.8 Å². The highest BCUT2D eigenvalue weighted by molar-refractivity contribution is 7.92. The van der Waals surface area contributed by atoms with Crippen molar-refractivity contribution in [2.75, 3.05) is 22.7 Å². The number of anilines is 2. The molecular weight excluding hydrogens is 413 g/mol. The van der Waals surface area contributed by atoms with Gasteiger partial charge in [0, 0.05) is 13.1 Å². The number of hydrogen-bond acceptors (Lipinski definition) is 3. The maximum atomic E-state index is 13.3. The number of fused-ring (bicyclic) bond motifs is 1. The molecular formula is C22H21F3N2O2S. The number of piperidine rings is 1. The molecule has 0 aromatic heterocycles. The molecule has 0 atom stereocenters. The molecule has 0 saturated carbocycles. The summed E-state index contributed by atoms with van der Waals surface area (Å²) < 4.78 is 68.3. The molecule has 0 spiro atoms. The Labute approximate surface area is 173 Å². The van der Waals surface area contributed by atoms with E-state index >= 15 is 0 Å². The summed E-state index contributed by atoms with van der Waals surface area (Å²) in [5.41, 5.74) is -0.480. The van der Waals surface area contributed by atoms with Gasteiger partial charge in [-0.15, -0.1) is 0 Å². The van der Waals surface area contributed by atoms with Crippen LogP contribution in [0.4, 0.5) is 24.5 Å². The lowest BCUT2D eigenvalue weighted by molar-refractivity contribution is -0.137. The van der Waals surface area contributed by atoms with Crippen LogP contribution in [0.1, 0.15) is 24.8 Å². The van der Waals surface area contributed by atoms with Crippen molar-refractivity contribution in [2.24, 2.45) is 0 Å². The van der Waals surface area contributed by atoms with Crippen molar-refractivity contribution >= 4 is 32.2 Å². The van der Waals surface area contributed by atoms with E-state index in [2.05, 4.69) is 4.72 Å². The second kappa shape index (κ2) is 7.83. The van der Waals surface area contributed by atoms with E-state index in [1.165, 1.54) is 18.2 Å². The maximum absolute atomic E-state index is 13.3. The Balaban J connectivity index is 1.75. The average Bonchev–Trinajstić information content (AvgIpc) is 2.73. The minimum atomic E-state index is -4.57. The van der Waals surface area contributed by atoms with Gasteiger partial charge in [-0.05, 0) is 60.4 Å². The Bertz CT molecular complexity index is 1170. The molecule has 1 aliphatic rings. The summed E-state index contributed by atoms with van der Waals surface area (Å²) in [6, 6.07) is 15.2.